The maximum atomic E-state index is 11.2. The Bertz CT molecular complexity index is 627. The van der Waals surface area contributed by atoms with E-state index in [1.54, 1.807) is 6.07 Å². The second-order valence-electron chi connectivity index (χ2n) is 5.79. The topological polar surface area (TPSA) is 88.1 Å². The van der Waals surface area contributed by atoms with E-state index in [-0.39, 0.29) is 12.1 Å². The summed E-state index contributed by atoms with van der Waals surface area (Å²) in [6.07, 6.45) is 2.24. The van der Waals surface area contributed by atoms with Gasteiger partial charge in [-0.05, 0) is 43.9 Å². The summed E-state index contributed by atoms with van der Waals surface area (Å²) in [6.45, 7) is 3.73. The molecule has 22 heavy (non-hydrogen) atoms. The van der Waals surface area contributed by atoms with Crippen LogP contribution in [-0.4, -0.2) is 24.2 Å². The number of nitrogens with zero attached hydrogens (tertiary/aromatic N) is 1. The zero-order valence-corrected chi connectivity index (χ0v) is 13.5. The van der Waals surface area contributed by atoms with E-state index in [0.29, 0.717) is 17.1 Å². The van der Waals surface area contributed by atoms with Crippen molar-refractivity contribution in [2.45, 2.75) is 44.8 Å². The normalized spacial score (nSPS) is 23.9. The molecule has 1 saturated carbocycles. The van der Waals surface area contributed by atoms with Crippen molar-refractivity contribution in [2.75, 3.05) is 11.9 Å². The average molecular weight is 322 g/mol. The van der Waals surface area contributed by atoms with E-state index in [1.165, 1.54) is 6.92 Å². The van der Waals surface area contributed by atoms with Gasteiger partial charge in [0, 0.05) is 19.2 Å². The summed E-state index contributed by atoms with van der Waals surface area (Å²) in [7, 11) is 0. The van der Waals surface area contributed by atoms with Gasteiger partial charge >= 0.3 is 5.97 Å². The predicted molar refractivity (Wildman–Crippen MR) is 85.7 cm³/mol. The van der Waals surface area contributed by atoms with Gasteiger partial charge in [0.05, 0.1) is 16.1 Å². The average Bonchev–Trinajstić information content (AvgIpc) is 2.81. The minimum Gasteiger partial charge on any atom is -0.461 e. The Morgan fingerprint density at radius 3 is 3.00 bits per heavy atom. The highest BCUT2D eigenvalue weighted by molar-refractivity contribution is 6.32. The van der Waals surface area contributed by atoms with Crippen molar-refractivity contribution in [1.82, 2.24) is 0 Å². The Labute approximate surface area is 135 Å². The number of carbonyl (C=O) groups excluding carboxylic acids is 1. The molecular formula is C16H20ClN3O2. The number of ether oxygens (including phenoxy) is 1. The number of rotatable bonds is 4. The van der Waals surface area contributed by atoms with Crippen LogP contribution >= 0.6 is 11.6 Å². The van der Waals surface area contributed by atoms with Crippen LogP contribution in [-0.2, 0) is 9.53 Å². The van der Waals surface area contributed by atoms with Crippen LogP contribution in [0.2, 0.25) is 5.02 Å². The molecular weight excluding hydrogens is 302 g/mol. The third kappa shape index (κ3) is 3.34. The number of esters is 1. The Morgan fingerprint density at radius 1 is 1.64 bits per heavy atom. The minimum absolute atomic E-state index is 0.272. The second kappa shape index (κ2) is 6.55. The lowest BCUT2D eigenvalue weighted by Gasteiger charge is -2.31. The molecule has 0 heterocycles. The predicted octanol–water partition coefficient (Wildman–Crippen LogP) is 2.75. The number of nitrogens with two attached hydrogens (primary N) is 1. The third-order valence-corrected chi connectivity index (χ3v) is 4.66. The van der Waals surface area contributed by atoms with Crippen molar-refractivity contribution in [3.63, 3.8) is 0 Å². The molecule has 2 rings (SSSR count). The molecule has 0 spiro atoms. The van der Waals surface area contributed by atoms with Crippen LogP contribution in [0.1, 0.15) is 37.3 Å². The Balaban J connectivity index is 2.11. The van der Waals surface area contributed by atoms with E-state index in [4.69, 9.17) is 27.3 Å². The Kier molecular flexibility index (Phi) is 4.94. The number of anilines is 1. The van der Waals surface area contributed by atoms with Crippen LogP contribution in [0.25, 0.3) is 0 Å². The first kappa shape index (κ1) is 16.6. The van der Waals surface area contributed by atoms with Gasteiger partial charge in [0.2, 0.25) is 0 Å². The van der Waals surface area contributed by atoms with Crippen molar-refractivity contribution >= 4 is 23.3 Å². The van der Waals surface area contributed by atoms with Gasteiger partial charge in [0.25, 0.3) is 0 Å². The summed E-state index contributed by atoms with van der Waals surface area (Å²) in [5.74, 6) is -0.306. The van der Waals surface area contributed by atoms with Crippen molar-refractivity contribution in [3.8, 4) is 6.07 Å². The molecule has 3 N–H and O–H groups in total. The van der Waals surface area contributed by atoms with Crippen molar-refractivity contribution in [2.24, 2.45) is 5.73 Å². The highest BCUT2D eigenvalue weighted by Gasteiger charge is 2.41. The third-order valence-electron chi connectivity index (χ3n) is 4.17. The molecule has 2 atom stereocenters. The lowest BCUT2D eigenvalue weighted by Crippen LogP contribution is -2.53. The van der Waals surface area contributed by atoms with Crippen LogP contribution in [0.5, 0.6) is 0 Å². The molecule has 0 saturated heterocycles. The number of halogens is 1. The number of nitriles is 1. The van der Waals surface area contributed by atoms with Gasteiger partial charge in [0.15, 0.2) is 0 Å². The maximum absolute atomic E-state index is 11.2. The molecule has 5 nitrogen and oxygen atoms in total. The molecule has 1 fully saturated rings. The van der Waals surface area contributed by atoms with E-state index in [1.807, 2.05) is 13.0 Å². The number of benzene rings is 1. The van der Waals surface area contributed by atoms with Gasteiger partial charge in [-0.3, -0.25) is 4.79 Å². The van der Waals surface area contributed by atoms with Crippen LogP contribution < -0.4 is 11.1 Å². The summed E-state index contributed by atoms with van der Waals surface area (Å²) in [5, 5.41) is 12.7. The van der Waals surface area contributed by atoms with E-state index < -0.39 is 5.54 Å². The largest absolute Gasteiger partial charge is 0.461 e. The molecule has 118 valence electrons. The smallest absolute Gasteiger partial charge is 0.302 e. The molecule has 1 aliphatic carbocycles. The molecule has 0 unspecified atom stereocenters. The molecule has 0 aromatic heterocycles. The van der Waals surface area contributed by atoms with Crippen molar-refractivity contribution in [1.29, 1.82) is 5.26 Å². The minimum atomic E-state index is -0.585. The summed E-state index contributed by atoms with van der Waals surface area (Å²) >= 11 is 6.16. The van der Waals surface area contributed by atoms with E-state index in [0.717, 1.165) is 30.5 Å². The first-order chi connectivity index (χ1) is 10.4. The fourth-order valence-corrected chi connectivity index (χ4v) is 3.07. The number of carbonyl (C=O) groups is 1. The lowest BCUT2D eigenvalue weighted by atomic mass is 9.96. The highest BCUT2D eigenvalue weighted by Crippen LogP contribution is 2.32. The number of hydrogen-bond donors (Lipinski definition) is 2. The molecule has 6 heteroatoms. The van der Waals surface area contributed by atoms with E-state index in [9.17, 15) is 4.79 Å². The summed E-state index contributed by atoms with van der Waals surface area (Å²) in [4.78, 5) is 11.2. The molecule has 0 radical (unpaired) electrons. The monoisotopic (exact) mass is 321 g/mol. The standard InChI is InChI=1S/C16H20ClN3O2/c1-10-13(6-5-12(8-18)15(10)17)20-9-16(19)7-3-4-14(16)22-11(2)21/h5-6,14,20H,3-4,7,9,19H2,1-2H3/t14-,16-/m1/s1. The molecule has 1 aliphatic rings. The van der Waals surface area contributed by atoms with Gasteiger partial charge in [-0.15, -0.1) is 0 Å². The zero-order valence-electron chi connectivity index (χ0n) is 12.8. The quantitative estimate of drug-likeness (QED) is 0.832. The first-order valence-corrected chi connectivity index (χ1v) is 7.64. The first-order valence-electron chi connectivity index (χ1n) is 7.26. The highest BCUT2D eigenvalue weighted by atomic mass is 35.5. The summed E-state index contributed by atoms with van der Waals surface area (Å²) < 4.78 is 5.33. The van der Waals surface area contributed by atoms with Crippen LogP contribution in [0.15, 0.2) is 12.1 Å². The zero-order chi connectivity index (χ0) is 16.3. The van der Waals surface area contributed by atoms with E-state index in [2.05, 4.69) is 11.4 Å². The molecule has 0 aliphatic heterocycles. The molecule has 1 aromatic rings. The fourth-order valence-electron chi connectivity index (χ4n) is 2.87. The van der Waals surface area contributed by atoms with Crippen LogP contribution in [0.4, 0.5) is 5.69 Å². The van der Waals surface area contributed by atoms with Gasteiger partial charge in [0.1, 0.15) is 12.2 Å². The lowest BCUT2D eigenvalue weighted by molar-refractivity contribution is -0.148. The summed E-state index contributed by atoms with van der Waals surface area (Å²) in [6, 6.07) is 5.55. The second-order valence-corrected chi connectivity index (χ2v) is 6.17. The van der Waals surface area contributed by atoms with Crippen LogP contribution in [0, 0.1) is 18.3 Å². The van der Waals surface area contributed by atoms with Gasteiger partial charge in [-0.2, -0.15) is 5.26 Å². The Morgan fingerprint density at radius 2 is 2.36 bits per heavy atom. The van der Waals surface area contributed by atoms with Crippen molar-refractivity contribution in [3.05, 3.63) is 28.3 Å². The molecule has 1 aromatic carbocycles. The number of nitrogens with one attached hydrogen (secondary N) is 1. The fraction of sp³-hybridized carbons (Fsp3) is 0.500. The number of hydrogen-bond acceptors (Lipinski definition) is 5. The van der Waals surface area contributed by atoms with Gasteiger partial charge < -0.3 is 15.8 Å². The van der Waals surface area contributed by atoms with E-state index >= 15 is 0 Å². The SMILES string of the molecule is CC(=O)O[C@@H]1CCC[C@@]1(N)CNc1ccc(C#N)c(Cl)c1C. The van der Waals surface area contributed by atoms with Crippen molar-refractivity contribution < 1.29 is 9.53 Å². The maximum Gasteiger partial charge on any atom is 0.302 e. The van der Waals surface area contributed by atoms with Gasteiger partial charge in [-0.25, -0.2) is 0 Å². The van der Waals surface area contributed by atoms with Gasteiger partial charge in [-0.1, -0.05) is 11.6 Å². The Hall–Kier alpha value is -1.77. The molecule has 0 bridgehead atoms. The summed E-state index contributed by atoms with van der Waals surface area (Å²) in [5.41, 5.74) is 7.93. The molecule has 0 amide bonds. The van der Waals surface area contributed by atoms with Crippen LogP contribution in [0.3, 0.4) is 0 Å².